The van der Waals surface area contributed by atoms with E-state index in [4.69, 9.17) is 4.74 Å². The fourth-order valence-electron chi connectivity index (χ4n) is 3.26. The zero-order chi connectivity index (χ0) is 25.1. The van der Waals surface area contributed by atoms with Gasteiger partial charge < -0.3 is 10.1 Å². The van der Waals surface area contributed by atoms with Gasteiger partial charge in [-0.25, -0.2) is 18.1 Å². The van der Waals surface area contributed by atoms with Gasteiger partial charge in [0.25, 0.3) is 5.91 Å². The summed E-state index contributed by atoms with van der Waals surface area (Å²) in [7, 11) is -2.69. The number of benzene rings is 2. The van der Waals surface area contributed by atoms with Crippen LogP contribution in [0.3, 0.4) is 0 Å². The lowest BCUT2D eigenvalue weighted by molar-refractivity contribution is -0.137. The second-order valence-electron chi connectivity index (χ2n) is 6.98. The highest BCUT2D eigenvalue weighted by Gasteiger charge is 2.32. The number of amides is 1. The fourth-order valence-corrected chi connectivity index (χ4v) is 4.90. The van der Waals surface area contributed by atoms with Gasteiger partial charge in [-0.1, -0.05) is 13.8 Å². The molecule has 0 radical (unpaired) electrons. The van der Waals surface area contributed by atoms with Gasteiger partial charge in [-0.15, -0.1) is 0 Å². The van der Waals surface area contributed by atoms with Crippen molar-refractivity contribution in [3.05, 3.63) is 60.2 Å². The topological polar surface area (TPSA) is 106 Å². The quantitative estimate of drug-likeness (QED) is 0.510. The summed E-state index contributed by atoms with van der Waals surface area (Å²) < 4.78 is 73.5. The number of rotatable bonds is 8. The smallest absolute Gasteiger partial charge is 0.416 e. The number of nitrogens with zero attached hydrogens (tertiary/aromatic N) is 4. The third-order valence-corrected chi connectivity index (χ3v) is 7.06. The van der Waals surface area contributed by atoms with Crippen molar-refractivity contribution < 1.29 is 31.1 Å². The molecular formula is C21H22F3N5O4S. The van der Waals surface area contributed by atoms with Crippen molar-refractivity contribution in [1.82, 2.24) is 19.1 Å². The van der Waals surface area contributed by atoms with Crippen molar-refractivity contribution in [3.63, 3.8) is 0 Å². The van der Waals surface area contributed by atoms with E-state index in [2.05, 4.69) is 15.4 Å². The van der Waals surface area contributed by atoms with Gasteiger partial charge in [-0.05, 0) is 36.4 Å². The van der Waals surface area contributed by atoms with E-state index in [0.717, 1.165) is 24.3 Å². The van der Waals surface area contributed by atoms with Crippen LogP contribution in [0.25, 0.3) is 5.69 Å². The van der Waals surface area contributed by atoms with Gasteiger partial charge in [0.05, 0.1) is 24.0 Å². The Labute approximate surface area is 194 Å². The summed E-state index contributed by atoms with van der Waals surface area (Å²) in [5, 5.41) is 6.32. The largest absolute Gasteiger partial charge is 0.495 e. The van der Waals surface area contributed by atoms with E-state index >= 15 is 0 Å². The molecule has 0 aliphatic carbocycles. The van der Waals surface area contributed by atoms with Crippen LogP contribution in [0.5, 0.6) is 5.75 Å². The molecule has 182 valence electrons. The summed E-state index contributed by atoms with van der Waals surface area (Å²) >= 11 is 0. The van der Waals surface area contributed by atoms with Crippen LogP contribution in [0.15, 0.2) is 53.9 Å². The molecule has 0 bridgehead atoms. The number of nitrogens with one attached hydrogen (secondary N) is 1. The molecule has 0 aliphatic heterocycles. The molecule has 3 aromatic rings. The Morgan fingerprint density at radius 3 is 2.41 bits per heavy atom. The number of alkyl halides is 3. The summed E-state index contributed by atoms with van der Waals surface area (Å²) in [6.45, 7) is 3.74. The minimum atomic E-state index is -4.65. The average molecular weight is 497 g/mol. The number of hydrogen-bond acceptors (Lipinski definition) is 6. The number of hydrogen-bond donors (Lipinski definition) is 1. The Morgan fingerprint density at radius 2 is 1.85 bits per heavy atom. The molecule has 1 amide bonds. The monoisotopic (exact) mass is 497 g/mol. The average Bonchev–Trinajstić information content (AvgIpc) is 3.33. The van der Waals surface area contributed by atoms with Gasteiger partial charge >= 0.3 is 6.18 Å². The lowest BCUT2D eigenvalue weighted by atomic mass is 10.1. The van der Waals surface area contributed by atoms with Gasteiger partial charge in [0.2, 0.25) is 10.0 Å². The van der Waals surface area contributed by atoms with Crippen LogP contribution in [0.1, 0.15) is 29.8 Å². The second kappa shape index (κ2) is 9.81. The number of anilines is 1. The van der Waals surface area contributed by atoms with Crippen LogP contribution < -0.4 is 10.1 Å². The number of aromatic nitrogens is 3. The minimum Gasteiger partial charge on any atom is -0.495 e. The predicted octanol–water partition coefficient (Wildman–Crippen LogP) is 3.58. The second-order valence-corrected chi connectivity index (χ2v) is 8.89. The van der Waals surface area contributed by atoms with Crippen molar-refractivity contribution in [3.8, 4) is 11.4 Å². The van der Waals surface area contributed by atoms with E-state index in [1.807, 2.05) is 0 Å². The molecule has 1 N–H and O–H groups in total. The van der Waals surface area contributed by atoms with Crippen LogP contribution >= 0.6 is 0 Å². The Bertz CT molecular complexity index is 1270. The summed E-state index contributed by atoms with van der Waals surface area (Å²) in [4.78, 5) is 16.5. The van der Waals surface area contributed by atoms with Crippen LogP contribution in [0.2, 0.25) is 0 Å². The molecule has 9 nitrogen and oxygen atoms in total. The van der Waals surface area contributed by atoms with Crippen LogP contribution in [0.4, 0.5) is 18.9 Å². The molecule has 0 unspecified atom stereocenters. The van der Waals surface area contributed by atoms with E-state index < -0.39 is 27.7 Å². The maximum Gasteiger partial charge on any atom is 0.416 e. The molecule has 0 spiro atoms. The zero-order valence-electron chi connectivity index (χ0n) is 18.5. The molecule has 0 saturated heterocycles. The number of sulfonamides is 1. The first kappa shape index (κ1) is 25.2. The van der Waals surface area contributed by atoms with Gasteiger partial charge in [0, 0.05) is 18.7 Å². The highest BCUT2D eigenvalue weighted by molar-refractivity contribution is 7.89. The van der Waals surface area contributed by atoms with Crippen molar-refractivity contribution in [2.24, 2.45) is 0 Å². The molecule has 2 aromatic carbocycles. The number of carbonyl (C=O) groups is 1. The summed E-state index contributed by atoms with van der Waals surface area (Å²) in [5.41, 5.74) is -1.11. The fraction of sp³-hybridized carbons (Fsp3) is 0.286. The van der Waals surface area contributed by atoms with Crippen molar-refractivity contribution in [2.75, 3.05) is 25.5 Å². The van der Waals surface area contributed by atoms with E-state index in [1.54, 1.807) is 13.8 Å². The van der Waals surface area contributed by atoms with Gasteiger partial charge in [-0.2, -0.15) is 22.6 Å². The van der Waals surface area contributed by atoms with Crippen LogP contribution in [-0.2, 0) is 16.2 Å². The molecule has 3 rings (SSSR count). The molecule has 1 aromatic heterocycles. The van der Waals surface area contributed by atoms with E-state index in [9.17, 15) is 26.4 Å². The zero-order valence-corrected chi connectivity index (χ0v) is 19.3. The summed E-state index contributed by atoms with van der Waals surface area (Å²) in [6, 6.07) is 6.54. The van der Waals surface area contributed by atoms with Crippen LogP contribution in [-0.4, -0.2) is 53.6 Å². The lowest BCUT2D eigenvalue weighted by Crippen LogP contribution is -2.31. The molecule has 0 saturated carbocycles. The first-order chi connectivity index (χ1) is 16.0. The molecule has 34 heavy (non-hydrogen) atoms. The first-order valence-corrected chi connectivity index (χ1v) is 11.5. The first-order valence-electron chi connectivity index (χ1n) is 10.1. The molecular weight excluding hydrogens is 475 g/mol. The molecule has 0 fully saturated rings. The number of carbonyl (C=O) groups excluding carboxylic acids is 1. The Kier molecular flexibility index (Phi) is 7.26. The number of methoxy groups -OCH3 is 1. The summed E-state index contributed by atoms with van der Waals surface area (Å²) in [5.74, 6) is -0.787. The van der Waals surface area contributed by atoms with Gasteiger partial charge in [-0.3, -0.25) is 4.79 Å². The Balaban J connectivity index is 2.05. The highest BCUT2D eigenvalue weighted by atomic mass is 32.2. The highest BCUT2D eigenvalue weighted by Crippen LogP contribution is 2.34. The van der Waals surface area contributed by atoms with Gasteiger partial charge in [0.1, 0.15) is 23.3 Å². The van der Waals surface area contributed by atoms with E-state index in [-0.39, 0.29) is 40.7 Å². The number of halogens is 3. The lowest BCUT2D eigenvalue weighted by Gasteiger charge is -2.20. The molecule has 13 heteroatoms. The third-order valence-electron chi connectivity index (χ3n) is 4.99. The maximum absolute atomic E-state index is 13.3. The SMILES string of the molecule is CCN(CC)S(=O)(=O)c1cc(C(=O)Nc2cc(C(F)(F)F)ccc2-n2cncn2)ccc1OC. The standard InChI is InChI=1S/C21H22F3N5O4S/c1-4-28(5-2)34(31,32)19-10-14(6-9-18(19)33-3)20(30)27-16-11-15(21(22,23)24)7-8-17(16)29-13-25-12-26-29/h6-13H,4-5H2,1-3H3,(H,27,30). The van der Waals surface area contributed by atoms with Crippen LogP contribution in [0, 0.1) is 0 Å². The van der Waals surface area contributed by atoms with Crippen molar-refractivity contribution in [1.29, 1.82) is 0 Å². The molecule has 1 heterocycles. The predicted molar refractivity (Wildman–Crippen MR) is 117 cm³/mol. The minimum absolute atomic E-state index is 0.0332. The van der Waals surface area contributed by atoms with Crippen molar-refractivity contribution >= 4 is 21.6 Å². The maximum atomic E-state index is 13.3. The van der Waals surface area contributed by atoms with E-state index in [0.29, 0.717) is 0 Å². The molecule has 0 aliphatic rings. The van der Waals surface area contributed by atoms with Crippen molar-refractivity contribution in [2.45, 2.75) is 24.9 Å². The Hall–Kier alpha value is -3.45. The normalized spacial score (nSPS) is 12.1. The van der Waals surface area contributed by atoms with Gasteiger partial charge in [0.15, 0.2) is 0 Å². The van der Waals surface area contributed by atoms with E-state index in [1.165, 1.54) is 40.9 Å². The number of ether oxygens (including phenoxy) is 1. The Morgan fingerprint density at radius 1 is 1.15 bits per heavy atom. The third kappa shape index (κ3) is 5.04. The summed E-state index contributed by atoms with van der Waals surface area (Å²) in [6.07, 6.45) is -2.19. The molecule has 0 atom stereocenters.